The van der Waals surface area contributed by atoms with Crippen LogP contribution in [-0.4, -0.2) is 4.98 Å². The summed E-state index contributed by atoms with van der Waals surface area (Å²) in [6.45, 7) is 16.3. The summed E-state index contributed by atoms with van der Waals surface area (Å²) in [7, 11) is 0. The Labute approximate surface area is 144 Å². The van der Waals surface area contributed by atoms with E-state index in [4.69, 9.17) is 0 Å². The van der Waals surface area contributed by atoms with Crippen molar-refractivity contribution in [1.29, 1.82) is 0 Å². The SMILES string of the molecule is CC.CC.CC.CC1=CC2=CC=C(C)C2C=C1.c1ccncc1. The van der Waals surface area contributed by atoms with Gasteiger partial charge in [0, 0.05) is 18.3 Å². The van der Waals surface area contributed by atoms with Gasteiger partial charge in [-0.2, -0.15) is 0 Å². The Bertz CT molecular complexity index is 463. The van der Waals surface area contributed by atoms with E-state index in [-0.39, 0.29) is 0 Å². The van der Waals surface area contributed by atoms with E-state index in [1.807, 2.05) is 59.7 Å². The Hall–Kier alpha value is -1.89. The Balaban J connectivity index is 0. The highest BCUT2D eigenvalue weighted by Crippen LogP contribution is 2.32. The minimum Gasteiger partial charge on any atom is -0.265 e. The predicted molar refractivity (Wildman–Crippen MR) is 107 cm³/mol. The van der Waals surface area contributed by atoms with E-state index in [0.717, 1.165) is 0 Å². The molecule has 0 aliphatic heterocycles. The molecule has 1 unspecified atom stereocenters. The molecule has 1 aromatic heterocycles. The fourth-order valence-electron chi connectivity index (χ4n) is 1.97. The van der Waals surface area contributed by atoms with Crippen molar-refractivity contribution in [3.05, 3.63) is 77.7 Å². The molecule has 0 spiro atoms. The zero-order chi connectivity index (χ0) is 18.1. The highest BCUT2D eigenvalue weighted by Gasteiger charge is 2.17. The lowest BCUT2D eigenvalue weighted by Gasteiger charge is -2.14. The lowest BCUT2D eigenvalue weighted by Crippen LogP contribution is -2.00. The van der Waals surface area contributed by atoms with Gasteiger partial charge in [-0.1, -0.05) is 89.1 Å². The molecule has 0 bridgehead atoms. The minimum absolute atomic E-state index is 0.582. The molecule has 1 nitrogen and oxygen atoms in total. The maximum Gasteiger partial charge on any atom is 0.0267 e. The Morgan fingerprint density at radius 1 is 0.783 bits per heavy atom. The van der Waals surface area contributed by atoms with Crippen molar-refractivity contribution in [2.45, 2.75) is 55.4 Å². The van der Waals surface area contributed by atoms with Crippen LogP contribution in [-0.2, 0) is 0 Å². The van der Waals surface area contributed by atoms with Gasteiger partial charge in [0.15, 0.2) is 0 Å². The van der Waals surface area contributed by atoms with Gasteiger partial charge < -0.3 is 0 Å². The highest BCUT2D eigenvalue weighted by molar-refractivity contribution is 5.49. The predicted octanol–water partition coefficient (Wildman–Crippen LogP) is 7.17. The largest absolute Gasteiger partial charge is 0.265 e. The van der Waals surface area contributed by atoms with Crippen LogP contribution in [0.4, 0.5) is 0 Å². The third-order valence-corrected chi connectivity index (χ3v) is 2.90. The highest BCUT2D eigenvalue weighted by atomic mass is 14.6. The molecular formula is C22H35N. The molecule has 23 heavy (non-hydrogen) atoms. The van der Waals surface area contributed by atoms with Gasteiger partial charge in [0.2, 0.25) is 0 Å². The van der Waals surface area contributed by atoms with E-state index in [9.17, 15) is 0 Å². The molecule has 0 N–H and O–H groups in total. The van der Waals surface area contributed by atoms with Crippen molar-refractivity contribution in [2.75, 3.05) is 0 Å². The molecular weight excluding hydrogens is 278 g/mol. The van der Waals surface area contributed by atoms with Gasteiger partial charge in [0.1, 0.15) is 0 Å². The summed E-state index contributed by atoms with van der Waals surface area (Å²) in [5.41, 5.74) is 4.26. The second-order valence-electron chi connectivity index (χ2n) is 4.33. The summed E-state index contributed by atoms with van der Waals surface area (Å²) in [6.07, 6.45) is 14.7. The normalized spacial score (nSPS) is 16.0. The van der Waals surface area contributed by atoms with Crippen molar-refractivity contribution in [3.63, 3.8) is 0 Å². The van der Waals surface area contributed by atoms with Crippen LogP contribution < -0.4 is 0 Å². The number of pyridine rings is 1. The average Bonchev–Trinajstić information content (AvgIpc) is 3.02. The third-order valence-electron chi connectivity index (χ3n) is 2.90. The van der Waals surface area contributed by atoms with Gasteiger partial charge >= 0.3 is 0 Å². The molecule has 1 aromatic rings. The van der Waals surface area contributed by atoms with Gasteiger partial charge in [-0.15, -0.1) is 0 Å². The Kier molecular flexibility index (Phi) is 16.8. The van der Waals surface area contributed by atoms with E-state index < -0.39 is 0 Å². The van der Waals surface area contributed by atoms with Crippen molar-refractivity contribution >= 4 is 0 Å². The molecule has 0 saturated carbocycles. The van der Waals surface area contributed by atoms with Crippen LogP contribution in [0.25, 0.3) is 0 Å². The molecule has 0 saturated heterocycles. The summed E-state index contributed by atoms with van der Waals surface area (Å²) in [5.74, 6) is 0.582. The van der Waals surface area contributed by atoms with Crippen LogP contribution in [0.15, 0.2) is 77.7 Å². The van der Waals surface area contributed by atoms with Crippen LogP contribution in [0.2, 0.25) is 0 Å². The third kappa shape index (κ3) is 9.67. The van der Waals surface area contributed by atoms with Crippen LogP contribution in [0.3, 0.4) is 0 Å². The molecule has 0 aromatic carbocycles. The summed E-state index contributed by atoms with van der Waals surface area (Å²) >= 11 is 0. The maximum absolute atomic E-state index is 3.78. The fourth-order valence-corrected chi connectivity index (χ4v) is 1.97. The molecule has 2 aliphatic carbocycles. The number of hydrogen-bond acceptors (Lipinski definition) is 1. The van der Waals surface area contributed by atoms with E-state index in [1.54, 1.807) is 12.4 Å². The first-order chi connectivity index (χ1) is 11.3. The summed E-state index contributed by atoms with van der Waals surface area (Å²) in [4.78, 5) is 3.78. The van der Waals surface area contributed by atoms with E-state index in [1.165, 1.54) is 16.7 Å². The van der Waals surface area contributed by atoms with Gasteiger partial charge in [-0.05, 0) is 31.6 Å². The van der Waals surface area contributed by atoms with E-state index in [0.29, 0.717) is 5.92 Å². The van der Waals surface area contributed by atoms with E-state index >= 15 is 0 Å². The van der Waals surface area contributed by atoms with Crippen LogP contribution in [0, 0.1) is 5.92 Å². The molecule has 1 heteroatoms. The average molecular weight is 314 g/mol. The second-order valence-corrected chi connectivity index (χ2v) is 4.33. The van der Waals surface area contributed by atoms with Gasteiger partial charge in [0.25, 0.3) is 0 Å². The minimum atomic E-state index is 0.582. The lowest BCUT2D eigenvalue weighted by atomic mass is 9.90. The number of nitrogens with zero attached hydrogens (tertiary/aromatic N) is 1. The summed E-state index contributed by atoms with van der Waals surface area (Å²) < 4.78 is 0. The molecule has 0 fully saturated rings. The number of allylic oxidation sites excluding steroid dienone is 8. The second kappa shape index (κ2) is 16.5. The van der Waals surface area contributed by atoms with Crippen LogP contribution in [0.1, 0.15) is 55.4 Å². The van der Waals surface area contributed by atoms with Crippen LogP contribution in [0.5, 0.6) is 0 Å². The molecule has 0 radical (unpaired) electrons. The first-order valence-electron chi connectivity index (χ1n) is 8.87. The van der Waals surface area contributed by atoms with Gasteiger partial charge in [-0.3, -0.25) is 4.98 Å². The van der Waals surface area contributed by atoms with Crippen molar-refractivity contribution in [3.8, 4) is 0 Å². The molecule has 2 aliphatic rings. The monoisotopic (exact) mass is 313 g/mol. The quantitative estimate of drug-likeness (QED) is 0.495. The summed E-state index contributed by atoms with van der Waals surface area (Å²) in [5, 5.41) is 0. The molecule has 1 heterocycles. The molecule has 1 atom stereocenters. The lowest BCUT2D eigenvalue weighted by molar-refractivity contribution is 0.930. The standard InChI is InChI=1S/C11H12.C5H5N.3C2H6/c1-8-3-6-11-9(2)4-5-10(11)7-8;1-2-4-6-5-3-1;3*1-2/h3-7,11H,1-2H3;1-5H;3*1-2H3. The molecule has 128 valence electrons. The number of rotatable bonds is 0. The van der Waals surface area contributed by atoms with Crippen LogP contribution >= 0.6 is 0 Å². The first kappa shape index (κ1) is 23.4. The summed E-state index contributed by atoms with van der Waals surface area (Å²) in [6, 6.07) is 5.72. The zero-order valence-corrected chi connectivity index (χ0v) is 16.3. The first-order valence-corrected chi connectivity index (χ1v) is 8.87. The van der Waals surface area contributed by atoms with Crippen molar-refractivity contribution < 1.29 is 0 Å². The molecule has 0 amide bonds. The Morgan fingerprint density at radius 3 is 1.78 bits per heavy atom. The van der Waals surface area contributed by atoms with E-state index in [2.05, 4.69) is 49.2 Å². The van der Waals surface area contributed by atoms with Gasteiger partial charge in [-0.25, -0.2) is 0 Å². The molecule has 3 rings (SSSR count). The smallest absolute Gasteiger partial charge is 0.0267 e. The zero-order valence-electron chi connectivity index (χ0n) is 16.3. The number of hydrogen-bond donors (Lipinski definition) is 0. The topological polar surface area (TPSA) is 12.9 Å². The van der Waals surface area contributed by atoms with Crippen molar-refractivity contribution in [2.24, 2.45) is 5.92 Å². The van der Waals surface area contributed by atoms with Gasteiger partial charge in [0.05, 0.1) is 0 Å². The maximum atomic E-state index is 3.78. The number of aromatic nitrogens is 1. The number of fused-ring (bicyclic) bond motifs is 1. The fraction of sp³-hybridized carbons (Fsp3) is 0.409. The van der Waals surface area contributed by atoms with Crippen molar-refractivity contribution in [1.82, 2.24) is 4.98 Å². The Morgan fingerprint density at radius 2 is 1.35 bits per heavy atom.